The molecule has 25 heavy (non-hydrogen) atoms. The van der Waals surface area contributed by atoms with Gasteiger partial charge in [0, 0.05) is 5.39 Å². The molecule has 0 fully saturated rings. The van der Waals surface area contributed by atoms with Crippen LogP contribution in [0.5, 0.6) is 0 Å². The van der Waals surface area contributed by atoms with Crippen LogP contribution in [0.3, 0.4) is 0 Å². The summed E-state index contributed by atoms with van der Waals surface area (Å²) in [6.07, 6.45) is 0. The summed E-state index contributed by atoms with van der Waals surface area (Å²) in [5.41, 5.74) is 5.36. The minimum Gasteiger partial charge on any atom is -0.398 e. The lowest BCUT2D eigenvalue weighted by Gasteiger charge is -2.10. The average Bonchev–Trinajstić information content (AvgIpc) is 2.43. The first-order valence-corrected chi connectivity index (χ1v) is 11.2. The molecule has 0 heterocycles. The number of hydrogen-bond acceptors (Lipinski definition) is 7. The number of fused-ring (bicyclic) bond motifs is 1. The molecule has 13 heteroatoms. The number of rotatable bonds is 6. The van der Waals surface area contributed by atoms with Crippen LogP contribution in [-0.4, -0.2) is 43.5 Å². The van der Waals surface area contributed by atoms with E-state index in [0.717, 1.165) is 12.1 Å². The zero-order chi connectivity index (χ0) is 19.0. The summed E-state index contributed by atoms with van der Waals surface area (Å²) in [4.78, 5) is 16.4. The zero-order valence-electron chi connectivity index (χ0n) is 12.4. The van der Waals surface area contributed by atoms with E-state index in [1.807, 2.05) is 0 Å². The van der Waals surface area contributed by atoms with Gasteiger partial charge in [-0.2, -0.15) is 8.42 Å². The molecule has 0 radical (unpaired) electrons. The van der Waals surface area contributed by atoms with Crippen LogP contribution in [0.1, 0.15) is 0 Å². The number of hydrogen-bond donors (Lipinski definition) is 4. The smallest absolute Gasteiger partial charge is 0.398 e. The Hall–Kier alpha value is -1.53. The molecule has 2 aromatic rings. The molecule has 2 aromatic carbocycles. The Morgan fingerprint density at radius 1 is 1.08 bits per heavy atom. The van der Waals surface area contributed by atoms with Crippen molar-refractivity contribution < 1.29 is 40.3 Å². The second-order valence-corrected chi connectivity index (χ2v) is 9.69. The van der Waals surface area contributed by atoms with Gasteiger partial charge in [0.15, 0.2) is 9.84 Å². The molecule has 0 aromatic heterocycles. The van der Waals surface area contributed by atoms with E-state index in [4.69, 9.17) is 15.5 Å². The van der Waals surface area contributed by atoms with Gasteiger partial charge in [-0.25, -0.2) is 13.0 Å². The fraction of sp³-hybridized carbons (Fsp3) is 0.167. The first-order valence-electron chi connectivity index (χ1n) is 6.54. The second-order valence-electron chi connectivity index (χ2n) is 4.98. The third kappa shape index (κ3) is 4.76. The molecule has 0 aliphatic heterocycles. The Labute approximate surface area is 143 Å². The molecule has 0 unspecified atom stereocenters. The quantitative estimate of drug-likeness (QED) is 0.298. The van der Waals surface area contributed by atoms with E-state index < -0.39 is 45.0 Å². The molecule has 138 valence electrons. The van der Waals surface area contributed by atoms with Gasteiger partial charge >= 0.3 is 7.82 Å². The normalized spacial score (nSPS) is 13.2. The van der Waals surface area contributed by atoms with Gasteiger partial charge in [0.05, 0.1) is 22.9 Å². The van der Waals surface area contributed by atoms with Crippen molar-refractivity contribution in [3.05, 3.63) is 30.3 Å². The summed E-state index contributed by atoms with van der Waals surface area (Å²) in [6, 6.07) is 6.02. The van der Waals surface area contributed by atoms with Crippen LogP contribution in [0.25, 0.3) is 10.8 Å². The van der Waals surface area contributed by atoms with Crippen LogP contribution < -0.4 is 5.73 Å². The minimum atomic E-state index is -4.79. The Bertz CT molecular complexity index is 1070. The Morgan fingerprint density at radius 2 is 1.72 bits per heavy atom. The van der Waals surface area contributed by atoms with E-state index in [9.17, 15) is 26.0 Å². The lowest BCUT2D eigenvalue weighted by atomic mass is 10.1. The monoisotopic (exact) mass is 411 g/mol. The van der Waals surface area contributed by atoms with Crippen molar-refractivity contribution in [2.24, 2.45) is 0 Å². The van der Waals surface area contributed by atoms with Crippen LogP contribution in [0, 0.1) is 0 Å². The number of anilines is 1. The van der Waals surface area contributed by atoms with Crippen LogP contribution in [0.2, 0.25) is 0 Å². The van der Waals surface area contributed by atoms with Gasteiger partial charge in [0.2, 0.25) is 0 Å². The largest absolute Gasteiger partial charge is 0.469 e. The summed E-state index contributed by atoms with van der Waals surface area (Å²) in [7, 11) is -13.4. The molecule has 5 N–H and O–H groups in total. The highest BCUT2D eigenvalue weighted by molar-refractivity contribution is 7.91. The van der Waals surface area contributed by atoms with Crippen molar-refractivity contribution in [3.8, 4) is 0 Å². The SMILES string of the molecule is Nc1ccc2cc(S(=O)(=O)CCOP(=O)(O)O)ccc2c1S(=O)(=O)O. The van der Waals surface area contributed by atoms with Crippen LogP contribution >= 0.6 is 7.82 Å². The van der Waals surface area contributed by atoms with Crippen LogP contribution in [0.4, 0.5) is 5.69 Å². The highest BCUT2D eigenvalue weighted by atomic mass is 32.2. The molecule has 0 aliphatic rings. The summed E-state index contributed by atoms with van der Waals surface area (Å²) in [5, 5.41) is 0.228. The van der Waals surface area contributed by atoms with Gasteiger partial charge in [0.1, 0.15) is 4.90 Å². The number of phosphoric ester groups is 1. The van der Waals surface area contributed by atoms with Gasteiger partial charge in [0.25, 0.3) is 10.1 Å². The highest BCUT2D eigenvalue weighted by Gasteiger charge is 2.22. The first-order chi connectivity index (χ1) is 11.3. The number of nitrogen functional groups attached to an aromatic ring is 1. The van der Waals surface area contributed by atoms with E-state index in [1.165, 1.54) is 18.2 Å². The van der Waals surface area contributed by atoms with Crippen molar-refractivity contribution in [1.82, 2.24) is 0 Å². The standard InChI is InChI=1S/C12H14NO9PS2/c13-11-4-1-8-7-9(2-3-10(8)12(11)25(19,20)21)24(17,18)6-5-22-23(14,15)16/h1-4,7H,5-6,13H2,(H2,14,15,16)(H,19,20,21). The molecular formula is C12H14NO9PS2. The van der Waals surface area contributed by atoms with E-state index in [1.54, 1.807) is 0 Å². The molecule has 0 amide bonds. The van der Waals surface area contributed by atoms with E-state index in [2.05, 4.69) is 4.52 Å². The first kappa shape index (κ1) is 19.8. The van der Waals surface area contributed by atoms with Gasteiger partial charge in [-0.1, -0.05) is 12.1 Å². The van der Waals surface area contributed by atoms with Crippen LogP contribution in [0.15, 0.2) is 40.1 Å². The molecule has 0 bridgehead atoms. The number of sulfone groups is 1. The van der Waals surface area contributed by atoms with Gasteiger partial charge < -0.3 is 15.5 Å². The highest BCUT2D eigenvalue weighted by Crippen LogP contribution is 2.35. The molecule has 10 nitrogen and oxygen atoms in total. The second kappa shape index (κ2) is 6.65. The minimum absolute atomic E-state index is 0.0351. The Morgan fingerprint density at radius 3 is 2.28 bits per heavy atom. The summed E-state index contributed by atoms with van der Waals surface area (Å²) < 4.78 is 71.2. The maximum Gasteiger partial charge on any atom is 0.469 e. The Kier molecular flexibility index (Phi) is 5.26. The fourth-order valence-corrected chi connectivity index (χ4v) is 4.56. The summed E-state index contributed by atoms with van der Waals surface area (Å²) in [5.74, 6) is -0.691. The van der Waals surface area contributed by atoms with Crippen molar-refractivity contribution in [2.45, 2.75) is 9.79 Å². The molecular weight excluding hydrogens is 397 g/mol. The van der Waals surface area contributed by atoms with Crippen molar-refractivity contribution in [2.75, 3.05) is 18.1 Å². The Balaban J connectivity index is 2.45. The van der Waals surface area contributed by atoms with Crippen LogP contribution in [-0.2, 0) is 29.0 Å². The maximum atomic E-state index is 12.2. The summed E-state index contributed by atoms with van der Waals surface area (Å²) >= 11 is 0. The van der Waals surface area contributed by atoms with Crippen molar-refractivity contribution in [3.63, 3.8) is 0 Å². The van der Waals surface area contributed by atoms with E-state index >= 15 is 0 Å². The zero-order valence-corrected chi connectivity index (χ0v) is 15.0. The number of benzene rings is 2. The molecule has 0 atom stereocenters. The molecule has 2 rings (SSSR count). The third-order valence-corrected chi connectivity index (χ3v) is 6.37. The van der Waals surface area contributed by atoms with E-state index in [-0.39, 0.29) is 21.4 Å². The van der Waals surface area contributed by atoms with Gasteiger partial charge in [-0.3, -0.25) is 9.08 Å². The average molecular weight is 411 g/mol. The number of phosphoric acid groups is 1. The number of nitrogens with two attached hydrogens (primary N) is 1. The molecule has 0 saturated heterocycles. The lowest BCUT2D eigenvalue weighted by molar-refractivity contribution is 0.207. The third-order valence-electron chi connectivity index (χ3n) is 3.20. The molecule has 0 saturated carbocycles. The molecule has 0 spiro atoms. The van der Waals surface area contributed by atoms with E-state index in [0.29, 0.717) is 0 Å². The van der Waals surface area contributed by atoms with Crippen molar-refractivity contribution >= 4 is 44.2 Å². The van der Waals surface area contributed by atoms with Gasteiger partial charge in [-0.15, -0.1) is 0 Å². The van der Waals surface area contributed by atoms with Crippen molar-refractivity contribution in [1.29, 1.82) is 0 Å². The van der Waals surface area contributed by atoms with Gasteiger partial charge in [-0.05, 0) is 23.6 Å². The topological polar surface area (TPSA) is 181 Å². The maximum absolute atomic E-state index is 12.2. The molecule has 0 aliphatic carbocycles. The lowest BCUT2D eigenvalue weighted by Crippen LogP contribution is -2.12. The predicted octanol–water partition coefficient (Wildman–Crippen LogP) is 0.552. The summed E-state index contributed by atoms with van der Waals surface area (Å²) in [6.45, 7) is -0.720. The fourth-order valence-electron chi connectivity index (χ4n) is 2.16. The predicted molar refractivity (Wildman–Crippen MR) is 88.2 cm³/mol.